The monoisotopic (exact) mass is 183 g/mol. The van der Waals surface area contributed by atoms with Crippen LogP contribution < -0.4 is 0 Å². The molecule has 1 heteroatoms. The number of hydrogen-bond acceptors (Lipinski definition) is 1. The van der Waals surface area contributed by atoms with Crippen LogP contribution in [0.1, 0.15) is 25.3 Å². The molecule has 0 radical (unpaired) electrons. The number of benzene rings is 1. The number of hydrogen-bond donors (Lipinski definition) is 0. The number of nitrogens with zero attached hydrogens (tertiary/aromatic N) is 1. The first-order valence-electron chi connectivity index (χ1n) is 5.13. The van der Waals surface area contributed by atoms with Gasteiger partial charge < -0.3 is 0 Å². The summed E-state index contributed by atoms with van der Waals surface area (Å²) >= 11 is 0. The van der Waals surface area contributed by atoms with E-state index in [0.29, 0.717) is 5.41 Å². The second-order valence-electron chi connectivity index (χ2n) is 4.47. The Morgan fingerprint density at radius 3 is 2.86 bits per heavy atom. The summed E-state index contributed by atoms with van der Waals surface area (Å²) in [5.41, 5.74) is 3.03. The second kappa shape index (κ2) is 2.57. The highest BCUT2D eigenvalue weighted by Gasteiger charge is 2.38. The van der Waals surface area contributed by atoms with E-state index < -0.39 is 0 Å². The predicted molar refractivity (Wildman–Crippen MR) is 58.3 cm³/mol. The maximum Gasteiger partial charge on any atom is 0.0702 e. The zero-order valence-corrected chi connectivity index (χ0v) is 8.33. The van der Waals surface area contributed by atoms with Gasteiger partial charge in [0.15, 0.2) is 0 Å². The molecule has 0 amide bonds. The third-order valence-corrected chi connectivity index (χ3v) is 3.30. The minimum atomic E-state index is 0.462. The summed E-state index contributed by atoms with van der Waals surface area (Å²) in [6.07, 6.45) is 4.51. The van der Waals surface area contributed by atoms with Crippen LogP contribution in [-0.2, 0) is 5.41 Å². The van der Waals surface area contributed by atoms with Gasteiger partial charge in [-0.3, -0.25) is 4.98 Å². The molecule has 14 heavy (non-hydrogen) atoms. The van der Waals surface area contributed by atoms with Crippen LogP contribution in [-0.4, -0.2) is 4.98 Å². The van der Waals surface area contributed by atoms with Gasteiger partial charge in [0.1, 0.15) is 0 Å². The normalized spacial score (nSPS) is 18.4. The zero-order chi connectivity index (χ0) is 9.60. The Morgan fingerprint density at radius 1 is 1.21 bits per heavy atom. The Balaban J connectivity index is 2.20. The van der Waals surface area contributed by atoms with Crippen molar-refractivity contribution >= 4 is 10.9 Å². The van der Waals surface area contributed by atoms with Crippen LogP contribution in [0.3, 0.4) is 0 Å². The van der Waals surface area contributed by atoms with Gasteiger partial charge in [-0.15, -0.1) is 0 Å². The molecule has 0 atom stereocenters. The van der Waals surface area contributed by atoms with Gasteiger partial charge in [0.25, 0.3) is 0 Å². The van der Waals surface area contributed by atoms with E-state index in [1.165, 1.54) is 23.8 Å². The highest BCUT2D eigenvalue weighted by atomic mass is 14.6. The van der Waals surface area contributed by atoms with E-state index in [1.54, 1.807) is 0 Å². The largest absolute Gasteiger partial charge is 0.256 e. The van der Waals surface area contributed by atoms with Crippen molar-refractivity contribution < 1.29 is 0 Å². The lowest BCUT2D eigenvalue weighted by Gasteiger charge is -2.09. The van der Waals surface area contributed by atoms with Crippen molar-refractivity contribution in [3.63, 3.8) is 0 Å². The van der Waals surface area contributed by atoms with E-state index in [4.69, 9.17) is 0 Å². The van der Waals surface area contributed by atoms with Crippen molar-refractivity contribution in [2.24, 2.45) is 0 Å². The molecule has 1 aromatic carbocycles. The standard InChI is InChI=1S/C13H13N/c1-13(6-7-13)11-4-5-12-10(9-11)3-2-8-14-12/h2-5,8-9H,6-7H2,1H3. The maximum absolute atomic E-state index is 4.32. The molecular weight excluding hydrogens is 170 g/mol. The predicted octanol–water partition coefficient (Wildman–Crippen LogP) is 3.29. The average Bonchev–Trinajstić information content (AvgIpc) is 2.97. The van der Waals surface area contributed by atoms with Gasteiger partial charge >= 0.3 is 0 Å². The van der Waals surface area contributed by atoms with Crippen molar-refractivity contribution in [1.29, 1.82) is 0 Å². The Labute approximate surface area is 83.8 Å². The van der Waals surface area contributed by atoms with E-state index in [-0.39, 0.29) is 0 Å². The van der Waals surface area contributed by atoms with Crippen molar-refractivity contribution in [1.82, 2.24) is 4.98 Å². The molecule has 3 rings (SSSR count). The molecule has 0 bridgehead atoms. The molecule has 1 nitrogen and oxygen atoms in total. The quantitative estimate of drug-likeness (QED) is 0.661. The minimum absolute atomic E-state index is 0.462. The molecule has 1 aliphatic rings. The van der Waals surface area contributed by atoms with Gasteiger partial charge in [0.05, 0.1) is 5.52 Å². The molecule has 1 aromatic heterocycles. The SMILES string of the molecule is CC1(c2ccc3ncccc3c2)CC1. The number of aromatic nitrogens is 1. The van der Waals surface area contributed by atoms with Crippen molar-refractivity contribution in [2.45, 2.75) is 25.2 Å². The van der Waals surface area contributed by atoms with Gasteiger partial charge in [-0.2, -0.15) is 0 Å². The first-order valence-corrected chi connectivity index (χ1v) is 5.13. The molecule has 70 valence electrons. The van der Waals surface area contributed by atoms with Crippen LogP contribution in [0, 0.1) is 0 Å². The summed E-state index contributed by atoms with van der Waals surface area (Å²) in [5, 5.41) is 1.26. The lowest BCUT2D eigenvalue weighted by Crippen LogP contribution is -1.98. The van der Waals surface area contributed by atoms with E-state index in [0.717, 1.165) is 5.52 Å². The average molecular weight is 183 g/mol. The first kappa shape index (κ1) is 7.98. The lowest BCUT2D eigenvalue weighted by atomic mass is 9.97. The van der Waals surface area contributed by atoms with E-state index >= 15 is 0 Å². The Hall–Kier alpha value is -1.37. The van der Waals surface area contributed by atoms with Crippen molar-refractivity contribution in [3.05, 3.63) is 42.1 Å². The van der Waals surface area contributed by atoms with Crippen LogP contribution in [0.15, 0.2) is 36.5 Å². The number of pyridine rings is 1. The van der Waals surface area contributed by atoms with E-state index in [1.807, 2.05) is 12.3 Å². The molecular formula is C13H13N. The van der Waals surface area contributed by atoms with Crippen LogP contribution in [0.2, 0.25) is 0 Å². The Morgan fingerprint density at radius 2 is 2.07 bits per heavy atom. The summed E-state index contributed by atoms with van der Waals surface area (Å²) in [7, 11) is 0. The fraction of sp³-hybridized carbons (Fsp3) is 0.308. The molecule has 0 unspecified atom stereocenters. The highest BCUT2D eigenvalue weighted by Crippen LogP contribution is 2.47. The van der Waals surface area contributed by atoms with Gasteiger partial charge in [0.2, 0.25) is 0 Å². The van der Waals surface area contributed by atoms with Gasteiger partial charge in [-0.25, -0.2) is 0 Å². The molecule has 1 fully saturated rings. The van der Waals surface area contributed by atoms with Crippen LogP contribution in [0.25, 0.3) is 10.9 Å². The number of rotatable bonds is 1. The van der Waals surface area contributed by atoms with Crippen LogP contribution in [0.5, 0.6) is 0 Å². The third kappa shape index (κ3) is 1.12. The molecule has 1 saturated carbocycles. The first-order chi connectivity index (χ1) is 6.78. The van der Waals surface area contributed by atoms with Crippen molar-refractivity contribution in [3.8, 4) is 0 Å². The van der Waals surface area contributed by atoms with Gasteiger partial charge in [-0.05, 0) is 42.0 Å². The highest BCUT2D eigenvalue weighted by molar-refractivity contribution is 5.79. The Bertz CT molecular complexity index is 483. The fourth-order valence-electron chi connectivity index (χ4n) is 1.93. The summed E-state index contributed by atoms with van der Waals surface area (Å²) < 4.78 is 0. The fourth-order valence-corrected chi connectivity index (χ4v) is 1.93. The van der Waals surface area contributed by atoms with Crippen LogP contribution >= 0.6 is 0 Å². The summed E-state index contributed by atoms with van der Waals surface area (Å²) in [5.74, 6) is 0. The summed E-state index contributed by atoms with van der Waals surface area (Å²) in [4.78, 5) is 4.32. The number of fused-ring (bicyclic) bond motifs is 1. The van der Waals surface area contributed by atoms with Gasteiger partial charge in [-0.1, -0.05) is 19.1 Å². The van der Waals surface area contributed by atoms with Gasteiger partial charge in [0, 0.05) is 11.6 Å². The zero-order valence-electron chi connectivity index (χ0n) is 8.33. The molecule has 0 spiro atoms. The van der Waals surface area contributed by atoms with Crippen molar-refractivity contribution in [2.75, 3.05) is 0 Å². The topological polar surface area (TPSA) is 12.9 Å². The van der Waals surface area contributed by atoms with E-state index in [2.05, 4.69) is 36.2 Å². The molecule has 1 heterocycles. The second-order valence-corrected chi connectivity index (χ2v) is 4.47. The third-order valence-electron chi connectivity index (χ3n) is 3.30. The molecule has 2 aromatic rings. The molecule has 1 aliphatic carbocycles. The maximum atomic E-state index is 4.32. The molecule has 0 aliphatic heterocycles. The lowest BCUT2D eigenvalue weighted by molar-refractivity contribution is 0.789. The summed E-state index contributed by atoms with van der Waals surface area (Å²) in [6, 6.07) is 10.8. The molecule has 0 saturated heterocycles. The smallest absolute Gasteiger partial charge is 0.0702 e. The van der Waals surface area contributed by atoms with E-state index in [9.17, 15) is 0 Å². The molecule has 0 N–H and O–H groups in total. The minimum Gasteiger partial charge on any atom is -0.256 e. The Kier molecular flexibility index (Phi) is 1.46. The van der Waals surface area contributed by atoms with Crippen LogP contribution in [0.4, 0.5) is 0 Å². The summed E-state index contributed by atoms with van der Waals surface area (Å²) in [6.45, 7) is 2.34.